The van der Waals surface area contributed by atoms with E-state index < -0.39 is 0 Å². The Morgan fingerprint density at radius 2 is 2.06 bits per heavy atom. The first kappa shape index (κ1) is 14.2. The maximum absolute atomic E-state index is 11.9. The molecule has 0 bridgehead atoms. The second kappa shape index (κ2) is 6.80. The third kappa shape index (κ3) is 4.50. The summed E-state index contributed by atoms with van der Waals surface area (Å²) >= 11 is 3.55. The highest BCUT2D eigenvalue weighted by Crippen LogP contribution is 2.10. The van der Waals surface area contributed by atoms with E-state index in [1.165, 1.54) is 5.56 Å². The lowest BCUT2D eigenvalue weighted by molar-refractivity contribution is 0.0953. The van der Waals surface area contributed by atoms with Crippen molar-refractivity contribution >= 4 is 21.8 Å². The van der Waals surface area contributed by atoms with Crippen LogP contribution in [0.1, 0.15) is 41.3 Å². The average Bonchev–Trinajstić information content (AvgIpc) is 2.30. The molecule has 1 aromatic rings. The minimum Gasteiger partial charge on any atom is -0.351 e. The van der Waals surface area contributed by atoms with Crippen molar-refractivity contribution in [3.63, 3.8) is 0 Å². The fourth-order valence-electron chi connectivity index (χ4n) is 1.60. The van der Waals surface area contributed by atoms with E-state index in [0.29, 0.717) is 11.4 Å². The molecule has 1 N–H and O–H groups in total. The van der Waals surface area contributed by atoms with E-state index in [2.05, 4.69) is 28.2 Å². The van der Waals surface area contributed by atoms with Gasteiger partial charge in [0, 0.05) is 16.9 Å². The van der Waals surface area contributed by atoms with Crippen molar-refractivity contribution in [3.8, 4) is 0 Å². The number of rotatable bonds is 5. The molecule has 0 saturated carbocycles. The molecule has 17 heavy (non-hydrogen) atoms. The molecule has 1 aromatic carbocycles. The Morgan fingerprint density at radius 1 is 1.35 bits per heavy atom. The topological polar surface area (TPSA) is 29.1 Å². The Hall–Kier alpha value is -0.830. The maximum Gasteiger partial charge on any atom is 0.251 e. The monoisotopic (exact) mass is 297 g/mol. The number of amides is 1. The molecule has 94 valence electrons. The molecule has 1 atom stereocenters. The van der Waals surface area contributed by atoms with E-state index in [4.69, 9.17) is 0 Å². The minimum absolute atomic E-state index is 0.00801. The van der Waals surface area contributed by atoms with Crippen molar-refractivity contribution in [2.24, 2.45) is 0 Å². The number of benzene rings is 1. The molecule has 3 heteroatoms. The maximum atomic E-state index is 11.9. The number of carbonyl (C=O) groups excluding carboxylic acids is 1. The number of carbonyl (C=O) groups is 1. The molecule has 1 unspecified atom stereocenters. The van der Waals surface area contributed by atoms with Crippen LogP contribution in [0.5, 0.6) is 0 Å². The first-order valence-electron chi connectivity index (χ1n) is 6.04. The number of hydrogen-bond acceptors (Lipinski definition) is 1. The summed E-state index contributed by atoms with van der Waals surface area (Å²) in [7, 11) is 0. The summed E-state index contributed by atoms with van der Waals surface area (Å²) in [6, 6.07) is 5.80. The van der Waals surface area contributed by atoms with E-state index in [9.17, 15) is 4.79 Å². The van der Waals surface area contributed by atoms with Gasteiger partial charge in [0.25, 0.3) is 5.91 Å². The Balaban J connectivity index is 2.55. The molecule has 0 spiro atoms. The summed E-state index contributed by atoms with van der Waals surface area (Å²) in [6.45, 7) is 6.89. The molecule has 2 nitrogen and oxygen atoms in total. The molecule has 0 aliphatic rings. The zero-order valence-corrected chi connectivity index (χ0v) is 12.3. The van der Waals surface area contributed by atoms with Crippen LogP contribution in [-0.2, 0) is 0 Å². The van der Waals surface area contributed by atoms with Crippen LogP contribution in [0, 0.1) is 13.8 Å². The van der Waals surface area contributed by atoms with Gasteiger partial charge in [0.1, 0.15) is 0 Å². The third-order valence-corrected chi connectivity index (χ3v) is 3.64. The van der Waals surface area contributed by atoms with Crippen molar-refractivity contribution < 1.29 is 4.79 Å². The highest BCUT2D eigenvalue weighted by molar-refractivity contribution is 9.09. The van der Waals surface area contributed by atoms with Crippen LogP contribution < -0.4 is 5.32 Å². The molecule has 0 aromatic heterocycles. The van der Waals surface area contributed by atoms with E-state index >= 15 is 0 Å². The highest BCUT2D eigenvalue weighted by Gasteiger charge is 2.08. The van der Waals surface area contributed by atoms with Crippen molar-refractivity contribution in [2.75, 3.05) is 6.54 Å². The summed E-state index contributed by atoms with van der Waals surface area (Å²) in [5, 5.41) is 2.94. The quantitative estimate of drug-likeness (QED) is 0.827. The molecule has 0 aliphatic carbocycles. The van der Waals surface area contributed by atoms with E-state index in [1.54, 1.807) is 0 Å². The lowest BCUT2D eigenvalue weighted by atomic mass is 10.1. The van der Waals surface area contributed by atoms with Crippen molar-refractivity contribution in [1.29, 1.82) is 0 Å². The van der Waals surface area contributed by atoms with Crippen molar-refractivity contribution in [2.45, 2.75) is 38.4 Å². The predicted octanol–water partition coefficient (Wildman–Crippen LogP) is 3.60. The molecule has 0 heterocycles. The molecule has 0 aliphatic heterocycles. The van der Waals surface area contributed by atoms with Gasteiger partial charge in [0.15, 0.2) is 0 Å². The van der Waals surface area contributed by atoms with Crippen LogP contribution >= 0.6 is 15.9 Å². The Kier molecular flexibility index (Phi) is 5.69. The molecular weight excluding hydrogens is 278 g/mol. The van der Waals surface area contributed by atoms with Gasteiger partial charge in [-0.05, 0) is 43.5 Å². The van der Waals surface area contributed by atoms with Gasteiger partial charge in [0.05, 0.1) is 0 Å². The van der Waals surface area contributed by atoms with Crippen LogP contribution in [-0.4, -0.2) is 17.3 Å². The first-order chi connectivity index (χ1) is 8.04. The Bertz CT molecular complexity index is 390. The second-order valence-corrected chi connectivity index (χ2v) is 5.69. The fraction of sp³-hybridized carbons (Fsp3) is 0.500. The van der Waals surface area contributed by atoms with Gasteiger partial charge in [0.2, 0.25) is 0 Å². The molecule has 0 fully saturated rings. The fourth-order valence-corrected chi connectivity index (χ4v) is 2.22. The normalized spacial score (nSPS) is 12.2. The van der Waals surface area contributed by atoms with E-state index in [-0.39, 0.29) is 5.91 Å². The molecule has 0 saturated heterocycles. The van der Waals surface area contributed by atoms with Crippen molar-refractivity contribution in [1.82, 2.24) is 5.32 Å². The molecule has 0 radical (unpaired) electrons. The molecular formula is C14H20BrNO. The molecule has 1 amide bonds. The highest BCUT2D eigenvalue weighted by atomic mass is 79.9. The first-order valence-corrected chi connectivity index (χ1v) is 6.95. The third-order valence-electron chi connectivity index (χ3n) is 2.86. The van der Waals surface area contributed by atoms with Crippen LogP contribution in [0.15, 0.2) is 18.2 Å². The van der Waals surface area contributed by atoms with Gasteiger partial charge < -0.3 is 5.32 Å². The zero-order chi connectivity index (χ0) is 12.8. The number of aryl methyl sites for hydroxylation is 2. The SMILES string of the molecule is CCCC(Br)CNC(=O)c1ccc(C)c(C)c1. The Labute approximate surface area is 112 Å². The van der Waals surface area contributed by atoms with Gasteiger partial charge in [-0.25, -0.2) is 0 Å². The smallest absolute Gasteiger partial charge is 0.251 e. The lowest BCUT2D eigenvalue weighted by Gasteiger charge is -2.10. The van der Waals surface area contributed by atoms with E-state index in [0.717, 1.165) is 24.0 Å². The Morgan fingerprint density at radius 3 is 2.65 bits per heavy atom. The summed E-state index contributed by atoms with van der Waals surface area (Å²) < 4.78 is 0. The zero-order valence-electron chi connectivity index (χ0n) is 10.7. The largest absolute Gasteiger partial charge is 0.351 e. The standard InChI is InChI=1S/C14H20BrNO/c1-4-5-13(15)9-16-14(17)12-7-6-10(2)11(3)8-12/h6-8,13H,4-5,9H2,1-3H3,(H,16,17). The van der Waals surface area contributed by atoms with Gasteiger partial charge in [-0.15, -0.1) is 0 Å². The van der Waals surface area contributed by atoms with Crippen molar-refractivity contribution in [3.05, 3.63) is 34.9 Å². The predicted molar refractivity (Wildman–Crippen MR) is 75.9 cm³/mol. The van der Waals surface area contributed by atoms with Crippen LogP contribution in [0.25, 0.3) is 0 Å². The van der Waals surface area contributed by atoms with Gasteiger partial charge in [-0.3, -0.25) is 4.79 Å². The number of hydrogen-bond donors (Lipinski definition) is 1. The van der Waals surface area contributed by atoms with Crippen LogP contribution in [0.4, 0.5) is 0 Å². The minimum atomic E-state index is 0.00801. The van der Waals surface area contributed by atoms with Gasteiger partial charge in [-0.2, -0.15) is 0 Å². The second-order valence-electron chi connectivity index (χ2n) is 4.40. The summed E-state index contributed by atoms with van der Waals surface area (Å²) in [6.07, 6.45) is 2.20. The van der Waals surface area contributed by atoms with Crippen LogP contribution in [0.2, 0.25) is 0 Å². The number of nitrogens with one attached hydrogen (secondary N) is 1. The number of halogens is 1. The summed E-state index contributed by atoms with van der Waals surface area (Å²) in [4.78, 5) is 12.2. The van der Waals surface area contributed by atoms with Gasteiger partial charge >= 0.3 is 0 Å². The average molecular weight is 298 g/mol. The summed E-state index contributed by atoms with van der Waals surface area (Å²) in [5.74, 6) is 0.00801. The number of alkyl halides is 1. The summed E-state index contributed by atoms with van der Waals surface area (Å²) in [5.41, 5.74) is 3.11. The van der Waals surface area contributed by atoms with Crippen LogP contribution in [0.3, 0.4) is 0 Å². The lowest BCUT2D eigenvalue weighted by Crippen LogP contribution is -2.29. The molecule has 1 rings (SSSR count). The van der Waals surface area contributed by atoms with E-state index in [1.807, 2.05) is 32.0 Å². The van der Waals surface area contributed by atoms with Gasteiger partial charge in [-0.1, -0.05) is 35.3 Å².